The average molecular weight is 273 g/mol. The molecule has 0 aliphatic rings. The quantitative estimate of drug-likeness (QED) is 0.914. The van der Waals surface area contributed by atoms with E-state index in [1.807, 2.05) is 44.2 Å². The van der Waals surface area contributed by atoms with Crippen LogP contribution in [0.1, 0.15) is 36.6 Å². The molecule has 3 heteroatoms. The predicted molar refractivity (Wildman–Crippen MR) is 79.4 cm³/mol. The van der Waals surface area contributed by atoms with Crippen molar-refractivity contribution in [3.8, 4) is 5.75 Å². The summed E-state index contributed by atoms with van der Waals surface area (Å²) in [7, 11) is 0. The largest absolute Gasteiger partial charge is 0.491 e. The van der Waals surface area contributed by atoms with Gasteiger partial charge in [0.2, 0.25) is 0 Å². The molecule has 20 heavy (non-hydrogen) atoms. The molecule has 0 heterocycles. The number of aryl methyl sites for hydroxylation is 1. The van der Waals surface area contributed by atoms with Crippen LogP contribution in [0.5, 0.6) is 5.75 Å². The zero-order valence-corrected chi connectivity index (χ0v) is 12.1. The van der Waals surface area contributed by atoms with E-state index in [1.165, 1.54) is 0 Å². The van der Waals surface area contributed by atoms with E-state index in [0.29, 0.717) is 16.9 Å². The van der Waals surface area contributed by atoms with E-state index in [-0.39, 0.29) is 11.9 Å². The maximum absolute atomic E-state index is 14.2. The molecule has 0 radical (unpaired) electrons. The van der Waals surface area contributed by atoms with E-state index in [4.69, 9.17) is 10.5 Å². The molecule has 1 unspecified atom stereocenters. The normalized spacial score (nSPS) is 12.5. The molecule has 2 nitrogen and oxygen atoms in total. The van der Waals surface area contributed by atoms with Crippen LogP contribution in [0.15, 0.2) is 42.5 Å². The highest BCUT2D eigenvalue weighted by Crippen LogP contribution is 2.30. The van der Waals surface area contributed by atoms with Crippen molar-refractivity contribution in [2.75, 3.05) is 0 Å². The second-order valence-corrected chi connectivity index (χ2v) is 5.16. The second-order valence-electron chi connectivity index (χ2n) is 5.16. The standard InChI is InChI=1S/C17H20FNO/c1-11(2)20-15-10-5-4-8-13(15)17(19)14-9-6-7-12(3)16(14)18/h4-11,17H,19H2,1-3H3. The molecule has 1 atom stereocenters. The molecular weight excluding hydrogens is 253 g/mol. The summed E-state index contributed by atoms with van der Waals surface area (Å²) in [4.78, 5) is 0. The topological polar surface area (TPSA) is 35.2 Å². The Morgan fingerprint density at radius 3 is 2.35 bits per heavy atom. The van der Waals surface area contributed by atoms with Gasteiger partial charge in [-0.1, -0.05) is 36.4 Å². The minimum absolute atomic E-state index is 0.0470. The summed E-state index contributed by atoms with van der Waals surface area (Å²) in [5, 5.41) is 0. The number of nitrogens with two attached hydrogens (primary N) is 1. The molecule has 0 saturated carbocycles. The lowest BCUT2D eigenvalue weighted by molar-refractivity contribution is 0.239. The van der Waals surface area contributed by atoms with Gasteiger partial charge in [0.15, 0.2) is 0 Å². The smallest absolute Gasteiger partial charge is 0.131 e. The number of halogens is 1. The molecular formula is C17H20FNO. The first-order valence-corrected chi connectivity index (χ1v) is 6.77. The van der Waals surface area contributed by atoms with Gasteiger partial charge in [-0.2, -0.15) is 0 Å². The van der Waals surface area contributed by atoms with Gasteiger partial charge < -0.3 is 10.5 Å². The summed E-state index contributed by atoms with van der Waals surface area (Å²) in [5.74, 6) is 0.454. The molecule has 0 bridgehead atoms. The fourth-order valence-corrected chi connectivity index (χ4v) is 2.18. The van der Waals surface area contributed by atoms with E-state index in [9.17, 15) is 4.39 Å². The van der Waals surface area contributed by atoms with E-state index in [0.717, 1.165) is 5.56 Å². The molecule has 2 aromatic rings. The third-order valence-electron chi connectivity index (χ3n) is 3.17. The lowest BCUT2D eigenvalue weighted by Crippen LogP contribution is -2.17. The molecule has 0 amide bonds. The second kappa shape index (κ2) is 6.06. The molecule has 0 aliphatic carbocycles. The van der Waals surface area contributed by atoms with Crippen molar-refractivity contribution in [2.45, 2.75) is 32.9 Å². The van der Waals surface area contributed by atoms with Gasteiger partial charge in [-0.15, -0.1) is 0 Å². The number of para-hydroxylation sites is 1. The molecule has 2 N–H and O–H groups in total. The van der Waals surface area contributed by atoms with Crippen LogP contribution in [0, 0.1) is 12.7 Å². The highest BCUT2D eigenvalue weighted by Gasteiger charge is 2.18. The Labute approximate surface area is 119 Å². The lowest BCUT2D eigenvalue weighted by atomic mass is 9.96. The summed E-state index contributed by atoms with van der Waals surface area (Å²) in [6.45, 7) is 5.65. The zero-order chi connectivity index (χ0) is 14.7. The molecule has 106 valence electrons. The van der Waals surface area contributed by atoms with E-state index in [1.54, 1.807) is 19.1 Å². The Bertz CT molecular complexity index is 595. The number of hydrogen-bond donors (Lipinski definition) is 1. The number of rotatable bonds is 4. The van der Waals surface area contributed by atoms with E-state index >= 15 is 0 Å². The van der Waals surface area contributed by atoms with Crippen LogP contribution in [-0.4, -0.2) is 6.10 Å². The first-order chi connectivity index (χ1) is 9.50. The van der Waals surface area contributed by atoms with Crippen molar-refractivity contribution < 1.29 is 9.13 Å². The Balaban J connectivity index is 2.43. The SMILES string of the molecule is Cc1cccc(C(N)c2ccccc2OC(C)C)c1F. The van der Waals surface area contributed by atoms with Crippen molar-refractivity contribution >= 4 is 0 Å². The predicted octanol–water partition coefficient (Wildman–Crippen LogP) is 3.97. The number of benzene rings is 2. The maximum Gasteiger partial charge on any atom is 0.131 e. The molecule has 0 aromatic heterocycles. The Morgan fingerprint density at radius 2 is 1.65 bits per heavy atom. The first kappa shape index (κ1) is 14.5. The fraction of sp³-hybridized carbons (Fsp3) is 0.294. The number of hydrogen-bond acceptors (Lipinski definition) is 2. The molecule has 2 aromatic carbocycles. The summed E-state index contributed by atoms with van der Waals surface area (Å²) in [6.07, 6.45) is 0.0470. The maximum atomic E-state index is 14.2. The van der Waals surface area contributed by atoms with Crippen LogP contribution in [-0.2, 0) is 0 Å². The molecule has 0 aliphatic heterocycles. The highest BCUT2D eigenvalue weighted by atomic mass is 19.1. The van der Waals surface area contributed by atoms with Crippen LogP contribution in [0.3, 0.4) is 0 Å². The van der Waals surface area contributed by atoms with E-state index < -0.39 is 6.04 Å². The van der Waals surface area contributed by atoms with Gasteiger partial charge in [-0.25, -0.2) is 4.39 Å². The van der Waals surface area contributed by atoms with Crippen LogP contribution in [0.4, 0.5) is 4.39 Å². The van der Waals surface area contributed by atoms with Gasteiger partial charge in [0.25, 0.3) is 0 Å². The van der Waals surface area contributed by atoms with Crippen molar-refractivity contribution in [1.82, 2.24) is 0 Å². The third-order valence-corrected chi connectivity index (χ3v) is 3.17. The molecule has 2 rings (SSSR count). The molecule has 0 spiro atoms. The Morgan fingerprint density at radius 1 is 1.00 bits per heavy atom. The molecule has 0 saturated heterocycles. The summed E-state index contributed by atoms with van der Waals surface area (Å²) < 4.78 is 20.0. The van der Waals surface area contributed by atoms with E-state index in [2.05, 4.69) is 0 Å². The Kier molecular flexibility index (Phi) is 4.40. The van der Waals surface area contributed by atoms with Crippen LogP contribution in [0.2, 0.25) is 0 Å². The average Bonchev–Trinajstić information content (AvgIpc) is 2.41. The van der Waals surface area contributed by atoms with Crippen molar-refractivity contribution in [3.05, 3.63) is 65.0 Å². The molecule has 0 fully saturated rings. The Hall–Kier alpha value is -1.87. The van der Waals surface area contributed by atoms with Crippen molar-refractivity contribution in [3.63, 3.8) is 0 Å². The monoisotopic (exact) mass is 273 g/mol. The van der Waals surface area contributed by atoms with Gasteiger partial charge >= 0.3 is 0 Å². The summed E-state index contributed by atoms with van der Waals surface area (Å²) in [6, 6.07) is 12.3. The first-order valence-electron chi connectivity index (χ1n) is 6.77. The fourth-order valence-electron chi connectivity index (χ4n) is 2.18. The van der Waals surface area contributed by atoms with Gasteiger partial charge in [0, 0.05) is 11.1 Å². The highest BCUT2D eigenvalue weighted by molar-refractivity contribution is 5.42. The van der Waals surface area contributed by atoms with Crippen LogP contribution >= 0.6 is 0 Å². The third kappa shape index (κ3) is 2.99. The minimum atomic E-state index is -0.537. The number of ether oxygens (including phenoxy) is 1. The van der Waals surface area contributed by atoms with Crippen molar-refractivity contribution in [2.24, 2.45) is 5.73 Å². The zero-order valence-electron chi connectivity index (χ0n) is 12.1. The minimum Gasteiger partial charge on any atom is -0.491 e. The summed E-state index contributed by atoms with van der Waals surface area (Å²) in [5.41, 5.74) is 8.13. The van der Waals surface area contributed by atoms with Gasteiger partial charge in [0.1, 0.15) is 11.6 Å². The van der Waals surface area contributed by atoms with Crippen molar-refractivity contribution in [1.29, 1.82) is 0 Å². The van der Waals surface area contributed by atoms with Gasteiger partial charge in [-0.3, -0.25) is 0 Å². The van der Waals surface area contributed by atoms with Crippen LogP contribution in [0.25, 0.3) is 0 Å². The lowest BCUT2D eigenvalue weighted by Gasteiger charge is -2.20. The van der Waals surface area contributed by atoms with Gasteiger partial charge in [-0.05, 0) is 32.4 Å². The van der Waals surface area contributed by atoms with Gasteiger partial charge in [0.05, 0.1) is 12.1 Å². The van der Waals surface area contributed by atoms with Crippen LogP contribution < -0.4 is 10.5 Å². The summed E-state index contributed by atoms with van der Waals surface area (Å²) >= 11 is 0.